The van der Waals surface area contributed by atoms with Crippen LogP contribution in [-0.2, 0) is 17.6 Å². The van der Waals surface area contributed by atoms with Gasteiger partial charge in [0.25, 0.3) is 0 Å². The molecule has 0 saturated heterocycles. The highest BCUT2D eigenvalue weighted by molar-refractivity contribution is 5.68. The van der Waals surface area contributed by atoms with Gasteiger partial charge in [0.15, 0.2) is 0 Å². The Labute approximate surface area is 214 Å². The van der Waals surface area contributed by atoms with Crippen molar-refractivity contribution in [1.29, 1.82) is 0 Å². The van der Waals surface area contributed by atoms with Crippen molar-refractivity contribution in [2.45, 2.75) is 84.6 Å². The summed E-state index contributed by atoms with van der Waals surface area (Å²) in [7, 11) is 0. The van der Waals surface area contributed by atoms with Crippen LogP contribution in [0.25, 0.3) is 0 Å². The SMILES string of the molecule is CC(C)(C)Cc1ccc2c(c1)C(NC[C@@H](O)C(Cc1cccc(F)c1)NC(=O)OC(C)(C)C)CCO2. The number of hydrogen-bond acceptors (Lipinski definition) is 5. The summed E-state index contributed by atoms with van der Waals surface area (Å²) >= 11 is 0. The first-order valence-electron chi connectivity index (χ1n) is 12.7. The molecule has 1 aliphatic heterocycles. The van der Waals surface area contributed by atoms with E-state index in [1.807, 2.05) is 6.07 Å². The van der Waals surface area contributed by atoms with Crippen LogP contribution < -0.4 is 15.4 Å². The van der Waals surface area contributed by atoms with Gasteiger partial charge in [-0.05, 0) is 68.4 Å². The van der Waals surface area contributed by atoms with Crippen LogP contribution in [-0.4, -0.2) is 42.1 Å². The fourth-order valence-corrected chi connectivity index (χ4v) is 4.44. The number of halogens is 1. The number of fused-ring (bicyclic) bond motifs is 1. The highest BCUT2D eigenvalue weighted by Crippen LogP contribution is 2.34. The number of aliphatic hydroxyl groups excluding tert-OH is 1. The lowest BCUT2D eigenvalue weighted by Gasteiger charge is -2.31. The Bertz CT molecular complexity index is 1030. The first-order valence-corrected chi connectivity index (χ1v) is 12.7. The van der Waals surface area contributed by atoms with Crippen LogP contribution in [0.5, 0.6) is 5.75 Å². The number of ether oxygens (including phenoxy) is 2. The van der Waals surface area contributed by atoms with E-state index in [2.05, 4.69) is 43.5 Å². The second-order valence-corrected chi connectivity index (χ2v) is 11.9. The molecule has 36 heavy (non-hydrogen) atoms. The van der Waals surface area contributed by atoms with E-state index in [9.17, 15) is 14.3 Å². The van der Waals surface area contributed by atoms with Gasteiger partial charge in [-0.1, -0.05) is 45.0 Å². The molecule has 3 atom stereocenters. The second kappa shape index (κ2) is 11.6. The Balaban J connectivity index is 1.72. The van der Waals surface area contributed by atoms with E-state index in [0.29, 0.717) is 12.2 Å². The van der Waals surface area contributed by atoms with Crippen molar-refractivity contribution < 1.29 is 23.8 Å². The van der Waals surface area contributed by atoms with E-state index in [4.69, 9.17) is 9.47 Å². The number of amides is 1. The van der Waals surface area contributed by atoms with Crippen molar-refractivity contribution in [3.63, 3.8) is 0 Å². The Morgan fingerprint density at radius 1 is 1.14 bits per heavy atom. The summed E-state index contributed by atoms with van der Waals surface area (Å²) in [6.45, 7) is 12.8. The third kappa shape index (κ3) is 8.79. The number of rotatable bonds is 8. The molecule has 198 valence electrons. The van der Waals surface area contributed by atoms with Gasteiger partial charge in [0, 0.05) is 24.6 Å². The number of benzene rings is 2. The molecule has 0 fully saturated rings. The van der Waals surface area contributed by atoms with Crippen LogP contribution in [0.3, 0.4) is 0 Å². The van der Waals surface area contributed by atoms with Gasteiger partial charge in [0.1, 0.15) is 17.2 Å². The lowest BCUT2D eigenvalue weighted by molar-refractivity contribution is 0.0418. The molecular weight excluding hydrogens is 459 g/mol. The molecule has 2 aromatic rings. The molecule has 0 radical (unpaired) electrons. The maximum absolute atomic E-state index is 13.8. The number of aliphatic hydroxyl groups is 1. The molecule has 0 aliphatic carbocycles. The molecule has 1 amide bonds. The Morgan fingerprint density at radius 3 is 2.56 bits per heavy atom. The first-order chi connectivity index (χ1) is 16.8. The topological polar surface area (TPSA) is 79.8 Å². The highest BCUT2D eigenvalue weighted by Gasteiger charge is 2.28. The van der Waals surface area contributed by atoms with Crippen molar-refractivity contribution in [2.75, 3.05) is 13.2 Å². The number of carbonyl (C=O) groups is 1. The van der Waals surface area contributed by atoms with E-state index < -0.39 is 23.8 Å². The van der Waals surface area contributed by atoms with Crippen LogP contribution in [0.2, 0.25) is 0 Å². The second-order valence-electron chi connectivity index (χ2n) is 11.9. The standard InChI is InChI=1S/C29H41FN2O4/c1-28(2,3)17-20-10-11-26-22(15-20)23(12-13-35-26)31-18-25(33)24(32-27(34)36-29(4,5)6)16-19-8-7-9-21(30)14-19/h7-11,14-15,23-25,31,33H,12-13,16-18H2,1-6H3,(H,32,34)/t23?,24?,25-/m1/s1. The minimum atomic E-state index is -0.926. The van der Waals surface area contributed by atoms with Gasteiger partial charge in [-0.3, -0.25) is 0 Å². The van der Waals surface area contributed by atoms with Crippen molar-refractivity contribution in [1.82, 2.24) is 10.6 Å². The third-order valence-corrected chi connectivity index (χ3v) is 5.93. The largest absolute Gasteiger partial charge is 0.493 e. The molecule has 2 aromatic carbocycles. The predicted octanol–water partition coefficient (Wildman–Crippen LogP) is 5.32. The highest BCUT2D eigenvalue weighted by atomic mass is 19.1. The third-order valence-electron chi connectivity index (χ3n) is 5.93. The Kier molecular flexibility index (Phi) is 9.01. The predicted molar refractivity (Wildman–Crippen MR) is 140 cm³/mol. The zero-order valence-corrected chi connectivity index (χ0v) is 22.4. The van der Waals surface area contributed by atoms with E-state index in [-0.39, 0.29) is 30.2 Å². The van der Waals surface area contributed by atoms with Crippen molar-refractivity contribution >= 4 is 6.09 Å². The number of alkyl carbamates (subject to hydrolysis) is 1. The Morgan fingerprint density at radius 2 is 1.89 bits per heavy atom. The molecule has 0 saturated carbocycles. The lowest BCUT2D eigenvalue weighted by atomic mass is 9.86. The lowest BCUT2D eigenvalue weighted by Crippen LogP contribution is -2.50. The zero-order valence-electron chi connectivity index (χ0n) is 22.4. The van der Waals surface area contributed by atoms with Crippen molar-refractivity contribution in [3.8, 4) is 5.75 Å². The van der Waals surface area contributed by atoms with E-state index >= 15 is 0 Å². The molecule has 7 heteroatoms. The van der Waals surface area contributed by atoms with Crippen LogP contribution in [0.1, 0.15) is 70.7 Å². The molecule has 6 nitrogen and oxygen atoms in total. The maximum atomic E-state index is 13.8. The smallest absolute Gasteiger partial charge is 0.407 e. The van der Waals surface area contributed by atoms with Gasteiger partial charge in [-0.25, -0.2) is 9.18 Å². The molecular formula is C29H41FN2O4. The average Bonchev–Trinajstić information content (AvgIpc) is 2.74. The van der Waals surface area contributed by atoms with Gasteiger partial charge in [-0.2, -0.15) is 0 Å². The first kappa shape index (κ1) is 27.9. The van der Waals surface area contributed by atoms with Crippen molar-refractivity contribution in [3.05, 3.63) is 65.0 Å². The van der Waals surface area contributed by atoms with Gasteiger partial charge in [0.2, 0.25) is 0 Å². The van der Waals surface area contributed by atoms with Gasteiger partial charge in [0.05, 0.1) is 18.8 Å². The van der Waals surface area contributed by atoms with Gasteiger partial charge >= 0.3 is 6.09 Å². The van der Waals surface area contributed by atoms with Crippen LogP contribution in [0.15, 0.2) is 42.5 Å². The molecule has 3 N–H and O–H groups in total. The summed E-state index contributed by atoms with van der Waals surface area (Å²) in [4.78, 5) is 12.5. The average molecular weight is 501 g/mol. The summed E-state index contributed by atoms with van der Waals surface area (Å²) in [5.41, 5.74) is 2.50. The molecule has 1 aliphatic rings. The summed E-state index contributed by atoms with van der Waals surface area (Å²) in [6.07, 6.45) is 0.439. The minimum absolute atomic E-state index is 0.0136. The fraction of sp³-hybridized carbons (Fsp3) is 0.552. The van der Waals surface area contributed by atoms with Crippen LogP contribution >= 0.6 is 0 Å². The van der Waals surface area contributed by atoms with Gasteiger partial charge in [-0.15, -0.1) is 0 Å². The normalized spacial score (nSPS) is 17.5. The Hall–Kier alpha value is -2.64. The summed E-state index contributed by atoms with van der Waals surface area (Å²) < 4.78 is 25.0. The molecule has 0 aromatic heterocycles. The van der Waals surface area contributed by atoms with Crippen LogP contribution in [0, 0.1) is 11.2 Å². The quantitative estimate of drug-likeness (QED) is 0.457. The summed E-state index contributed by atoms with van der Waals surface area (Å²) in [6, 6.07) is 11.8. The molecule has 3 rings (SSSR count). The fourth-order valence-electron chi connectivity index (χ4n) is 4.44. The number of hydrogen-bond donors (Lipinski definition) is 3. The van der Waals surface area contributed by atoms with Crippen molar-refractivity contribution in [2.24, 2.45) is 5.41 Å². The molecule has 0 bridgehead atoms. The molecule has 1 heterocycles. The number of carbonyl (C=O) groups excluding carboxylic acids is 1. The minimum Gasteiger partial charge on any atom is -0.493 e. The molecule has 0 spiro atoms. The van der Waals surface area contributed by atoms with E-state index in [1.165, 1.54) is 17.7 Å². The monoisotopic (exact) mass is 500 g/mol. The van der Waals surface area contributed by atoms with Crippen LogP contribution in [0.4, 0.5) is 9.18 Å². The van der Waals surface area contributed by atoms with Gasteiger partial charge < -0.3 is 25.2 Å². The maximum Gasteiger partial charge on any atom is 0.407 e. The number of nitrogens with one attached hydrogen (secondary N) is 2. The molecule has 2 unspecified atom stereocenters. The van der Waals surface area contributed by atoms with E-state index in [1.54, 1.807) is 32.9 Å². The van der Waals surface area contributed by atoms with E-state index in [0.717, 1.165) is 24.2 Å². The summed E-state index contributed by atoms with van der Waals surface area (Å²) in [5.74, 6) is 0.495. The zero-order chi connectivity index (χ0) is 26.5. The summed E-state index contributed by atoms with van der Waals surface area (Å²) in [5, 5.41) is 17.4.